The standard InChI is InChI=1S/C15H24FN3.HI/c1-2-3-4-7-11-18-15(17)19-12-10-13-8-5-6-9-14(13)16;/h5-6,8-9H,2-4,7,10-12H2,1H3,(H3,17,18,19);1H. The number of halogens is 2. The summed E-state index contributed by atoms with van der Waals surface area (Å²) in [6, 6.07) is 6.79. The van der Waals surface area contributed by atoms with Crippen LogP contribution in [0.25, 0.3) is 0 Å². The predicted octanol–water partition coefficient (Wildman–Crippen LogP) is 3.47. The molecule has 0 heterocycles. The van der Waals surface area contributed by atoms with E-state index in [0.717, 1.165) is 13.0 Å². The molecule has 0 bridgehead atoms. The highest BCUT2D eigenvalue weighted by molar-refractivity contribution is 14.0. The summed E-state index contributed by atoms with van der Waals surface area (Å²) < 4.78 is 13.3. The second-order valence-corrected chi connectivity index (χ2v) is 4.60. The summed E-state index contributed by atoms with van der Waals surface area (Å²) in [5, 5.41) is 3.01. The molecule has 114 valence electrons. The van der Waals surface area contributed by atoms with Crippen molar-refractivity contribution < 1.29 is 4.39 Å². The summed E-state index contributed by atoms with van der Waals surface area (Å²) in [7, 11) is 0. The van der Waals surface area contributed by atoms with Gasteiger partial charge < -0.3 is 11.1 Å². The highest BCUT2D eigenvalue weighted by atomic mass is 127. The van der Waals surface area contributed by atoms with Crippen molar-refractivity contribution in [3.05, 3.63) is 35.6 Å². The number of nitrogens with one attached hydrogen (secondary N) is 1. The van der Waals surface area contributed by atoms with Gasteiger partial charge in [-0.25, -0.2) is 4.39 Å². The van der Waals surface area contributed by atoms with E-state index in [1.165, 1.54) is 25.3 Å². The van der Waals surface area contributed by atoms with Crippen LogP contribution in [0.15, 0.2) is 29.3 Å². The molecule has 1 aromatic rings. The number of nitrogens with two attached hydrogens (primary N) is 1. The first-order chi connectivity index (χ1) is 9.24. The zero-order valence-corrected chi connectivity index (χ0v) is 14.4. The lowest BCUT2D eigenvalue weighted by Gasteiger charge is -2.06. The number of hydrogen-bond donors (Lipinski definition) is 2. The van der Waals surface area contributed by atoms with Crippen LogP contribution in [0.5, 0.6) is 0 Å². The van der Waals surface area contributed by atoms with Gasteiger partial charge in [0, 0.05) is 13.1 Å². The molecule has 0 aliphatic rings. The van der Waals surface area contributed by atoms with E-state index >= 15 is 0 Å². The summed E-state index contributed by atoms with van der Waals surface area (Å²) in [4.78, 5) is 4.24. The van der Waals surface area contributed by atoms with Crippen LogP contribution in [0.3, 0.4) is 0 Å². The van der Waals surface area contributed by atoms with Gasteiger partial charge in [-0.15, -0.1) is 24.0 Å². The summed E-state index contributed by atoms with van der Waals surface area (Å²) >= 11 is 0. The van der Waals surface area contributed by atoms with Gasteiger partial charge in [-0.2, -0.15) is 0 Å². The quantitative estimate of drug-likeness (QED) is 0.308. The fraction of sp³-hybridized carbons (Fsp3) is 0.533. The van der Waals surface area contributed by atoms with Crippen molar-refractivity contribution in [1.29, 1.82) is 0 Å². The second kappa shape index (κ2) is 11.9. The van der Waals surface area contributed by atoms with Crippen LogP contribution in [0.2, 0.25) is 0 Å². The Hall–Kier alpha value is -0.850. The third kappa shape index (κ3) is 8.35. The molecule has 3 N–H and O–H groups in total. The fourth-order valence-corrected chi connectivity index (χ4v) is 1.82. The first-order valence-electron chi connectivity index (χ1n) is 7.01. The molecule has 5 heteroatoms. The van der Waals surface area contributed by atoms with Crippen LogP contribution in [-0.2, 0) is 6.42 Å². The molecule has 0 aliphatic carbocycles. The van der Waals surface area contributed by atoms with E-state index in [-0.39, 0.29) is 29.8 Å². The summed E-state index contributed by atoms with van der Waals surface area (Å²) in [6.07, 6.45) is 5.35. The average molecular weight is 393 g/mol. The molecule has 0 fully saturated rings. The third-order valence-electron chi connectivity index (χ3n) is 2.95. The van der Waals surface area contributed by atoms with Crippen LogP contribution in [0.1, 0.15) is 38.2 Å². The molecule has 0 unspecified atom stereocenters. The molecule has 0 saturated carbocycles. The predicted molar refractivity (Wildman–Crippen MR) is 94.2 cm³/mol. The van der Waals surface area contributed by atoms with E-state index in [1.54, 1.807) is 12.1 Å². The van der Waals surface area contributed by atoms with Crippen molar-refractivity contribution in [3.63, 3.8) is 0 Å². The van der Waals surface area contributed by atoms with Crippen molar-refractivity contribution in [2.24, 2.45) is 10.7 Å². The molecule has 20 heavy (non-hydrogen) atoms. The maximum absolute atomic E-state index is 13.3. The van der Waals surface area contributed by atoms with E-state index < -0.39 is 0 Å². The van der Waals surface area contributed by atoms with Crippen LogP contribution >= 0.6 is 24.0 Å². The van der Waals surface area contributed by atoms with Crippen molar-refractivity contribution >= 4 is 29.9 Å². The zero-order chi connectivity index (χ0) is 13.9. The van der Waals surface area contributed by atoms with Crippen LogP contribution in [-0.4, -0.2) is 19.0 Å². The highest BCUT2D eigenvalue weighted by Crippen LogP contribution is 2.06. The van der Waals surface area contributed by atoms with Crippen molar-refractivity contribution in [2.75, 3.05) is 13.1 Å². The largest absolute Gasteiger partial charge is 0.370 e. The maximum atomic E-state index is 13.3. The van der Waals surface area contributed by atoms with E-state index in [4.69, 9.17) is 5.73 Å². The Balaban J connectivity index is 0.00000361. The van der Waals surface area contributed by atoms with Crippen molar-refractivity contribution in [1.82, 2.24) is 5.32 Å². The van der Waals surface area contributed by atoms with Crippen LogP contribution in [0, 0.1) is 5.82 Å². The van der Waals surface area contributed by atoms with Gasteiger partial charge in [0.2, 0.25) is 0 Å². The Morgan fingerprint density at radius 3 is 2.70 bits per heavy atom. The number of benzene rings is 1. The number of hydrogen-bond acceptors (Lipinski definition) is 1. The van der Waals surface area contributed by atoms with Crippen molar-refractivity contribution in [3.8, 4) is 0 Å². The summed E-state index contributed by atoms with van der Waals surface area (Å²) in [6.45, 7) is 3.55. The lowest BCUT2D eigenvalue weighted by atomic mass is 10.1. The van der Waals surface area contributed by atoms with E-state index in [1.807, 2.05) is 6.07 Å². The van der Waals surface area contributed by atoms with E-state index in [0.29, 0.717) is 24.5 Å². The Bertz CT molecular complexity index is 396. The smallest absolute Gasteiger partial charge is 0.188 e. The van der Waals surface area contributed by atoms with Crippen LogP contribution in [0.4, 0.5) is 4.39 Å². The lowest BCUT2D eigenvalue weighted by molar-refractivity contribution is 0.607. The number of guanidine groups is 1. The first-order valence-corrected chi connectivity index (χ1v) is 7.01. The van der Waals surface area contributed by atoms with Gasteiger partial charge >= 0.3 is 0 Å². The van der Waals surface area contributed by atoms with Gasteiger partial charge in [0.25, 0.3) is 0 Å². The van der Waals surface area contributed by atoms with Gasteiger partial charge in [0.1, 0.15) is 5.82 Å². The molecule has 0 amide bonds. The summed E-state index contributed by atoms with van der Waals surface area (Å²) in [5.41, 5.74) is 6.44. The number of unbranched alkanes of at least 4 members (excludes halogenated alkanes) is 3. The molecule has 1 aromatic carbocycles. The molecule has 0 atom stereocenters. The molecular formula is C15H25FIN3. The minimum Gasteiger partial charge on any atom is -0.370 e. The number of aliphatic imine (C=N–C) groups is 1. The first kappa shape index (κ1) is 19.1. The van der Waals surface area contributed by atoms with Crippen LogP contribution < -0.4 is 11.1 Å². The third-order valence-corrected chi connectivity index (χ3v) is 2.95. The number of rotatable bonds is 8. The Morgan fingerprint density at radius 1 is 1.25 bits per heavy atom. The summed E-state index contributed by atoms with van der Waals surface area (Å²) in [5.74, 6) is 0.284. The molecular weight excluding hydrogens is 368 g/mol. The normalized spacial score (nSPS) is 11.0. The number of nitrogens with zero attached hydrogens (tertiary/aromatic N) is 1. The van der Waals surface area contributed by atoms with Gasteiger partial charge in [-0.05, 0) is 24.5 Å². The molecule has 0 spiro atoms. The minimum absolute atomic E-state index is 0. The highest BCUT2D eigenvalue weighted by Gasteiger charge is 2.00. The van der Waals surface area contributed by atoms with Gasteiger partial charge in [0.15, 0.2) is 5.96 Å². The maximum Gasteiger partial charge on any atom is 0.188 e. The molecule has 0 aromatic heterocycles. The van der Waals surface area contributed by atoms with E-state index in [9.17, 15) is 4.39 Å². The Morgan fingerprint density at radius 2 is 2.00 bits per heavy atom. The molecule has 0 radical (unpaired) electrons. The van der Waals surface area contributed by atoms with Gasteiger partial charge in [-0.1, -0.05) is 44.4 Å². The lowest BCUT2D eigenvalue weighted by Crippen LogP contribution is -2.33. The zero-order valence-electron chi connectivity index (χ0n) is 12.1. The van der Waals surface area contributed by atoms with Gasteiger partial charge in [-0.3, -0.25) is 4.99 Å². The van der Waals surface area contributed by atoms with Gasteiger partial charge in [0.05, 0.1) is 0 Å². The fourth-order valence-electron chi connectivity index (χ4n) is 1.82. The molecule has 1 rings (SSSR count). The Kier molecular flexibility index (Phi) is 11.4. The molecule has 0 saturated heterocycles. The molecule has 3 nitrogen and oxygen atoms in total. The SMILES string of the molecule is CCCCCCN=C(N)NCCc1ccccc1F.I. The monoisotopic (exact) mass is 393 g/mol. The molecule has 0 aliphatic heterocycles. The second-order valence-electron chi connectivity index (χ2n) is 4.60. The van der Waals surface area contributed by atoms with E-state index in [2.05, 4.69) is 17.2 Å². The topological polar surface area (TPSA) is 50.4 Å². The Labute approximate surface area is 138 Å². The average Bonchev–Trinajstić information content (AvgIpc) is 2.41. The minimum atomic E-state index is -0.167. The van der Waals surface area contributed by atoms with Crippen molar-refractivity contribution in [2.45, 2.75) is 39.0 Å².